The molecule has 0 radical (unpaired) electrons. The molecule has 0 spiro atoms. The summed E-state index contributed by atoms with van der Waals surface area (Å²) in [6.45, 7) is 4.26. The molecular weight excluding hydrogens is 345 g/mol. The third kappa shape index (κ3) is 4.93. The molecule has 5 nitrogen and oxygen atoms in total. The lowest BCUT2D eigenvalue weighted by Gasteiger charge is -2.17. The number of hydrogen-bond donors (Lipinski definition) is 1. The van der Waals surface area contributed by atoms with Crippen molar-refractivity contribution >= 4 is 17.5 Å². The molecule has 0 unspecified atom stereocenters. The number of nitrogens with one attached hydrogen (secondary N) is 1. The quantitative estimate of drug-likeness (QED) is 0.822. The zero-order valence-electron chi connectivity index (χ0n) is 14.9. The summed E-state index contributed by atoms with van der Waals surface area (Å²) in [5, 5.41) is 2.58. The maximum Gasteiger partial charge on any atom is 0.418 e. The molecule has 0 saturated heterocycles. The normalized spacial score (nSPS) is 11.3. The van der Waals surface area contributed by atoms with E-state index in [1.807, 2.05) is 6.92 Å². The number of alkyl halides is 3. The first-order chi connectivity index (χ1) is 12.2. The number of carbonyl (C=O) groups is 1. The van der Waals surface area contributed by atoms with E-state index in [1.165, 1.54) is 24.3 Å². The van der Waals surface area contributed by atoms with Gasteiger partial charge in [0, 0.05) is 19.3 Å². The Morgan fingerprint density at radius 3 is 2.58 bits per heavy atom. The van der Waals surface area contributed by atoms with Crippen LogP contribution in [0.1, 0.15) is 41.5 Å². The van der Waals surface area contributed by atoms with E-state index < -0.39 is 11.7 Å². The van der Waals surface area contributed by atoms with Gasteiger partial charge in [-0.1, -0.05) is 25.5 Å². The zero-order valence-corrected chi connectivity index (χ0v) is 14.9. The van der Waals surface area contributed by atoms with Crippen molar-refractivity contribution in [1.29, 1.82) is 0 Å². The van der Waals surface area contributed by atoms with Crippen LogP contribution >= 0.6 is 0 Å². The Hall–Kier alpha value is -2.64. The van der Waals surface area contributed by atoms with Crippen molar-refractivity contribution in [2.24, 2.45) is 0 Å². The molecule has 1 amide bonds. The predicted octanol–water partition coefficient (Wildman–Crippen LogP) is 4.42. The number of hydrogen-bond acceptors (Lipinski definition) is 4. The molecular formula is C18H21F3N4O. The number of anilines is 2. The number of unbranched alkanes of at least 4 members (excludes halogenated alkanes) is 1. The Labute approximate surface area is 150 Å². The number of amides is 1. The highest BCUT2D eigenvalue weighted by atomic mass is 19.4. The molecule has 1 heterocycles. The third-order valence-corrected chi connectivity index (χ3v) is 3.75. The highest BCUT2D eigenvalue weighted by Crippen LogP contribution is 2.35. The lowest BCUT2D eigenvalue weighted by atomic mass is 10.1. The van der Waals surface area contributed by atoms with Crippen LogP contribution < -0.4 is 5.32 Å². The van der Waals surface area contributed by atoms with E-state index in [4.69, 9.17) is 0 Å². The van der Waals surface area contributed by atoms with Gasteiger partial charge in [0.05, 0.1) is 11.3 Å². The van der Waals surface area contributed by atoms with Crippen molar-refractivity contribution in [3.63, 3.8) is 0 Å². The van der Waals surface area contributed by atoms with Crippen molar-refractivity contribution in [3.8, 4) is 0 Å². The molecule has 0 fully saturated rings. The SMILES string of the molecule is CCCCN(C)C(=O)c1cc(C)nc(Nc2ccccc2C(F)(F)F)n1. The molecule has 1 aromatic heterocycles. The number of para-hydroxylation sites is 1. The molecule has 26 heavy (non-hydrogen) atoms. The maximum absolute atomic E-state index is 13.1. The van der Waals surface area contributed by atoms with Gasteiger partial charge in [-0.25, -0.2) is 9.97 Å². The first-order valence-electron chi connectivity index (χ1n) is 8.26. The number of benzene rings is 1. The topological polar surface area (TPSA) is 58.1 Å². The van der Waals surface area contributed by atoms with Gasteiger partial charge in [0.25, 0.3) is 5.91 Å². The minimum Gasteiger partial charge on any atom is -0.340 e. The summed E-state index contributed by atoms with van der Waals surface area (Å²) in [5.74, 6) is -0.343. The van der Waals surface area contributed by atoms with E-state index in [2.05, 4.69) is 15.3 Å². The second-order valence-corrected chi connectivity index (χ2v) is 5.97. The average Bonchev–Trinajstić information content (AvgIpc) is 2.58. The van der Waals surface area contributed by atoms with Gasteiger partial charge in [-0.05, 0) is 31.5 Å². The van der Waals surface area contributed by atoms with Crippen LogP contribution in [0, 0.1) is 6.92 Å². The molecule has 0 atom stereocenters. The Morgan fingerprint density at radius 1 is 1.23 bits per heavy atom. The van der Waals surface area contributed by atoms with Crippen LogP contribution in [0.4, 0.5) is 24.8 Å². The summed E-state index contributed by atoms with van der Waals surface area (Å²) < 4.78 is 39.4. The summed E-state index contributed by atoms with van der Waals surface area (Å²) in [7, 11) is 1.67. The zero-order chi connectivity index (χ0) is 19.3. The summed E-state index contributed by atoms with van der Waals surface area (Å²) in [6, 6.07) is 6.58. The largest absolute Gasteiger partial charge is 0.418 e. The van der Waals surface area contributed by atoms with Crippen LogP contribution in [0.5, 0.6) is 0 Å². The van der Waals surface area contributed by atoms with Gasteiger partial charge >= 0.3 is 6.18 Å². The lowest BCUT2D eigenvalue weighted by Crippen LogP contribution is -2.28. The van der Waals surface area contributed by atoms with Gasteiger partial charge in [0.2, 0.25) is 5.95 Å². The van der Waals surface area contributed by atoms with E-state index in [0.717, 1.165) is 18.9 Å². The fourth-order valence-corrected chi connectivity index (χ4v) is 2.39. The Bertz CT molecular complexity index is 777. The highest BCUT2D eigenvalue weighted by Gasteiger charge is 2.33. The van der Waals surface area contributed by atoms with Crippen LogP contribution in [0.25, 0.3) is 0 Å². The van der Waals surface area contributed by atoms with Crippen LogP contribution in [0.3, 0.4) is 0 Å². The molecule has 140 valence electrons. The second-order valence-electron chi connectivity index (χ2n) is 5.97. The van der Waals surface area contributed by atoms with Crippen LogP contribution in [0.2, 0.25) is 0 Å². The predicted molar refractivity (Wildman–Crippen MR) is 93.4 cm³/mol. The minimum atomic E-state index is -4.51. The smallest absolute Gasteiger partial charge is 0.340 e. The van der Waals surface area contributed by atoms with E-state index in [1.54, 1.807) is 18.9 Å². The van der Waals surface area contributed by atoms with Gasteiger partial charge < -0.3 is 10.2 Å². The molecule has 1 aromatic carbocycles. The molecule has 1 N–H and O–H groups in total. The highest BCUT2D eigenvalue weighted by molar-refractivity contribution is 5.92. The van der Waals surface area contributed by atoms with Gasteiger partial charge in [-0.15, -0.1) is 0 Å². The lowest BCUT2D eigenvalue weighted by molar-refractivity contribution is -0.136. The summed E-state index contributed by atoms with van der Waals surface area (Å²) in [4.78, 5) is 22.2. The fraction of sp³-hybridized carbons (Fsp3) is 0.389. The van der Waals surface area contributed by atoms with Crippen LogP contribution in [-0.2, 0) is 6.18 Å². The first-order valence-corrected chi connectivity index (χ1v) is 8.26. The number of nitrogens with zero attached hydrogens (tertiary/aromatic N) is 3. The van der Waals surface area contributed by atoms with Gasteiger partial charge in [0.15, 0.2) is 0 Å². The number of aryl methyl sites for hydroxylation is 1. The molecule has 8 heteroatoms. The van der Waals surface area contributed by atoms with Crippen molar-refractivity contribution in [3.05, 3.63) is 47.3 Å². The minimum absolute atomic E-state index is 0.0473. The van der Waals surface area contributed by atoms with E-state index >= 15 is 0 Å². The number of carbonyl (C=O) groups excluding carboxylic acids is 1. The molecule has 0 bridgehead atoms. The summed E-state index contributed by atoms with van der Waals surface area (Å²) >= 11 is 0. The van der Waals surface area contributed by atoms with Crippen LogP contribution in [0.15, 0.2) is 30.3 Å². The maximum atomic E-state index is 13.1. The molecule has 0 aliphatic rings. The summed E-state index contributed by atoms with van der Waals surface area (Å²) in [5.41, 5.74) is -0.358. The number of rotatable bonds is 6. The van der Waals surface area contributed by atoms with E-state index in [-0.39, 0.29) is 23.2 Å². The molecule has 2 rings (SSSR count). The van der Waals surface area contributed by atoms with Crippen molar-refractivity contribution in [2.45, 2.75) is 32.9 Å². The fourth-order valence-electron chi connectivity index (χ4n) is 2.39. The van der Waals surface area contributed by atoms with Gasteiger partial charge in [-0.3, -0.25) is 4.79 Å². The Morgan fingerprint density at radius 2 is 1.92 bits per heavy atom. The molecule has 2 aromatic rings. The van der Waals surface area contributed by atoms with Crippen LogP contribution in [-0.4, -0.2) is 34.4 Å². The molecule has 0 aliphatic carbocycles. The van der Waals surface area contributed by atoms with E-state index in [9.17, 15) is 18.0 Å². The Balaban J connectivity index is 2.30. The summed E-state index contributed by atoms with van der Waals surface area (Å²) in [6.07, 6.45) is -2.70. The number of halogens is 3. The molecule has 0 saturated carbocycles. The van der Waals surface area contributed by atoms with Crippen molar-refractivity contribution in [2.75, 3.05) is 18.9 Å². The molecule has 0 aliphatic heterocycles. The Kier molecular flexibility index (Phi) is 6.18. The van der Waals surface area contributed by atoms with Crippen molar-refractivity contribution in [1.82, 2.24) is 14.9 Å². The standard InChI is InChI=1S/C18H21F3N4O/c1-4-5-10-25(3)16(26)15-11-12(2)22-17(24-15)23-14-9-7-6-8-13(14)18(19,20)21/h6-9,11H,4-5,10H2,1-3H3,(H,22,23,24). The van der Waals surface area contributed by atoms with Gasteiger partial charge in [0.1, 0.15) is 5.69 Å². The van der Waals surface area contributed by atoms with Gasteiger partial charge in [-0.2, -0.15) is 13.2 Å². The monoisotopic (exact) mass is 366 g/mol. The average molecular weight is 366 g/mol. The second kappa shape index (κ2) is 8.16. The van der Waals surface area contributed by atoms with E-state index in [0.29, 0.717) is 12.2 Å². The number of aromatic nitrogens is 2. The first kappa shape index (κ1) is 19.7. The van der Waals surface area contributed by atoms with Crippen molar-refractivity contribution < 1.29 is 18.0 Å². The third-order valence-electron chi connectivity index (χ3n) is 3.75.